The molecule has 0 aromatic rings. The molecular formula is C8H10O9Zn. The van der Waals surface area contributed by atoms with E-state index in [9.17, 15) is 19.2 Å². The molecule has 6 N–H and O–H groups in total. The van der Waals surface area contributed by atoms with E-state index < -0.39 is 23.9 Å². The van der Waals surface area contributed by atoms with Crippen LogP contribution in [0.1, 0.15) is 0 Å². The Morgan fingerprint density at radius 1 is 0.556 bits per heavy atom. The van der Waals surface area contributed by atoms with Crippen LogP contribution in [0.15, 0.2) is 24.3 Å². The van der Waals surface area contributed by atoms with E-state index in [2.05, 4.69) is 0 Å². The summed E-state index contributed by atoms with van der Waals surface area (Å²) < 4.78 is 0. The van der Waals surface area contributed by atoms with Crippen LogP contribution in [0.3, 0.4) is 0 Å². The van der Waals surface area contributed by atoms with E-state index in [1.807, 2.05) is 0 Å². The molecule has 98 valence electrons. The number of hydrogen-bond acceptors (Lipinski definition) is 4. The van der Waals surface area contributed by atoms with Crippen LogP contribution in [0.4, 0.5) is 0 Å². The van der Waals surface area contributed by atoms with Crippen LogP contribution in [-0.2, 0) is 38.7 Å². The Morgan fingerprint density at radius 3 is 0.722 bits per heavy atom. The van der Waals surface area contributed by atoms with Gasteiger partial charge in [0.2, 0.25) is 0 Å². The van der Waals surface area contributed by atoms with Gasteiger partial charge in [-0.1, -0.05) is 0 Å². The molecule has 0 heterocycles. The molecule has 0 fully saturated rings. The number of carboxylic acid groups (broad SMARTS) is 4. The monoisotopic (exact) mass is 314 g/mol. The fourth-order valence-electron chi connectivity index (χ4n) is 0.285. The third kappa shape index (κ3) is 37.0. The standard InChI is InChI=1S/2C4H4O4.H2O.Zn/c2*5-3(6)1-2-4(7)8;;/h2*1-2H,(H,5,6)(H,7,8);1H2;. The van der Waals surface area contributed by atoms with Gasteiger partial charge in [0.05, 0.1) is 0 Å². The van der Waals surface area contributed by atoms with Gasteiger partial charge in [0.15, 0.2) is 0 Å². The van der Waals surface area contributed by atoms with Crippen LogP contribution in [-0.4, -0.2) is 49.8 Å². The minimum atomic E-state index is -1.26. The van der Waals surface area contributed by atoms with Gasteiger partial charge < -0.3 is 25.9 Å². The first-order valence-electron chi connectivity index (χ1n) is 3.53. The zero-order valence-corrected chi connectivity index (χ0v) is 11.9. The summed E-state index contributed by atoms with van der Waals surface area (Å²) in [6.45, 7) is 0. The van der Waals surface area contributed by atoms with Crippen molar-refractivity contribution in [3.8, 4) is 0 Å². The molecule has 0 radical (unpaired) electrons. The van der Waals surface area contributed by atoms with E-state index in [1.165, 1.54) is 0 Å². The summed E-state index contributed by atoms with van der Waals surface area (Å²) in [5.41, 5.74) is 0. The molecule has 0 aliphatic heterocycles. The van der Waals surface area contributed by atoms with Crippen molar-refractivity contribution >= 4 is 23.9 Å². The molecule has 0 aromatic heterocycles. The van der Waals surface area contributed by atoms with Crippen LogP contribution in [0.2, 0.25) is 0 Å². The molecule has 0 aliphatic carbocycles. The summed E-state index contributed by atoms with van der Waals surface area (Å²) in [7, 11) is 0. The van der Waals surface area contributed by atoms with E-state index >= 15 is 0 Å². The van der Waals surface area contributed by atoms with E-state index in [4.69, 9.17) is 20.4 Å². The van der Waals surface area contributed by atoms with Gasteiger partial charge in [0.25, 0.3) is 0 Å². The van der Waals surface area contributed by atoms with E-state index in [1.54, 1.807) is 0 Å². The van der Waals surface area contributed by atoms with E-state index in [0.717, 1.165) is 0 Å². The summed E-state index contributed by atoms with van der Waals surface area (Å²) in [5.74, 6) is -5.03. The first kappa shape index (κ1) is 25.0. The molecule has 0 saturated heterocycles. The van der Waals surface area contributed by atoms with Crippen molar-refractivity contribution in [3.05, 3.63) is 24.3 Å². The maximum atomic E-state index is 9.55. The van der Waals surface area contributed by atoms with Gasteiger partial charge in [-0.3, -0.25) is 0 Å². The van der Waals surface area contributed by atoms with Crippen molar-refractivity contribution in [2.75, 3.05) is 0 Å². The minimum absolute atomic E-state index is 0. The molecule has 0 atom stereocenters. The molecule has 9 nitrogen and oxygen atoms in total. The molecule has 0 spiro atoms. The van der Waals surface area contributed by atoms with Crippen molar-refractivity contribution in [1.82, 2.24) is 0 Å². The first-order chi connectivity index (χ1) is 7.25. The third-order valence-corrected chi connectivity index (χ3v) is 0.737. The van der Waals surface area contributed by atoms with Crippen molar-refractivity contribution in [2.24, 2.45) is 0 Å². The van der Waals surface area contributed by atoms with Gasteiger partial charge in [-0.2, -0.15) is 0 Å². The van der Waals surface area contributed by atoms with Gasteiger partial charge in [-0.25, -0.2) is 19.2 Å². The molecule has 0 amide bonds. The fourth-order valence-corrected chi connectivity index (χ4v) is 0.285. The van der Waals surface area contributed by atoms with Crippen LogP contribution in [0, 0.1) is 0 Å². The molecule has 0 rings (SSSR count). The average molecular weight is 316 g/mol. The summed E-state index contributed by atoms with van der Waals surface area (Å²) in [6, 6.07) is 0. The van der Waals surface area contributed by atoms with Crippen LogP contribution in [0.25, 0.3) is 0 Å². The molecule has 0 aliphatic rings. The topological polar surface area (TPSA) is 181 Å². The second-order valence-electron chi connectivity index (χ2n) is 2.02. The largest absolute Gasteiger partial charge is 0.478 e. The zero-order chi connectivity index (χ0) is 13.1. The van der Waals surface area contributed by atoms with Gasteiger partial charge in [-0.05, 0) is 0 Å². The minimum Gasteiger partial charge on any atom is -0.478 e. The number of hydrogen-bond donors (Lipinski definition) is 4. The molecule has 0 bridgehead atoms. The number of aliphatic carboxylic acids is 4. The molecule has 0 aromatic carbocycles. The second kappa shape index (κ2) is 14.9. The molecule has 10 heteroatoms. The third-order valence-electron chi connectivity index (χ3n) is 0.737. The number of carbonyl (C=O) groups is 4. The molecule has 0 saturated carbocycles. The Balaban J connectivity index is -0.0000000980. The predicted molar refractivity (Wildman–Crippen MR) is 52.4 cm³/mol. The molecular weight excluding hydrogens is 305 g/mol. The van der Waals surface area contributed by atoms with Gasteiger partial charge >= 0.3 is 23.9 Å². The summed E-state index contributed by atoms with van der Waals surface area (Å²) in [6.07, 6.45) is 2.23. The summed E-state index contributed by atoms with van der Waals surface area (Å²) >= 11 is 0. The number of carboxylic acids is 4. The van der Waals surface area contributed by atoms with E-state index in [0.29, 0.717) is 24.3 Å². The molecule has 18 heavy (non-hydrogen) atoms. The van der Waals surface area contributed by atoms with E-state index in [-0.39, 0.29) is 25.0 Å². The van der Waals surface area contributed by atoms with Crippen LogP contribution >= 0.6 is 0 Å². The fraction of sp³-hybridized carbons (Fsp3) is 0. The zero-order valence-electron chi connectivity index (χ0n) is 8.94. The van der Waals surface area contributed by atoms with Gasteiger partial charge in [0, 0.05) is 43.8 Å². The van der Waals surface area contributed by atoms with Crippen LogP contribution < -0.4 is 0 Å². The second-order valence-corrected chi connectivity index (χ2v) is 2.02. The van der Waals surface area contributed by atoms with Crippen LogP contribution in [0.5, 0.6) is 0 Å². The van der Waals surface area contributed by atoms with Crippen molar-refractivity contribution < 1.29 is 64.6 Å². The SMILES string of the molecule is O.O=C(O)C=CC(=O)O.O=C(O)C=CC(=O)O.[Zn]. The van der Waals surface area contributed by atoms with Crippen molar-refractivity contribution in [3.63, 3.8) is 0 Å². The Hall–Kier alpha value is -2.06. The smallest absolute Gasteiger partial charge is 0.328 e. The Kier molecular flexibility index (Phi) is 20.7. The maximum Gasteiger partial charge on any atom is 0.328 e. The van der Waals surface area contributed by atoms with Gasteiger partial charge in [-0.15, -0.1) is 0 Å². The summed E-state index contributed by atoms with van der Waals surface area (Å²) in [5, 5.41) is 31.2. The predicted octanol–water partition coefficient (Wildman–Crippen LogP) is -1.40. The quantitative estimate of drug-likeness (QED) is 0.360. The van der Waals surface area contributed by atoms with Gasteiger partial charge in [0.1, 0.15) is 0 Å². The average Bonchev–Trinajstić information content (AvgIpc) is 2.12. The molecule has 0 unspecified atom stereocenters. The van der Waals surface area contributed by atoms with Crippen molar-refractivity contribution in [1.29, 1.82) is 0 Å². The van der Waals surface area contributed by atoms with Crippen molar-refractivity contribution in [2.45, 2.75) is 0 Å². The normalized spacial score (nSPS) is 8.44. The first-order valence-corrected chi connectivity index (χ1v) is 3.53. The summed E-state index contributed by atoms with van der Waals surface area (Å²) in [4.78, 5) is 38.2. The Morgan fingerprint density at radius 2 is 0.667 bits per heavy atom. The Labute approximate surface area is 113 Å². The maximum absolute atomic E-state index is 9.55. The Bertz CT molecular complexity index is 278. The number of rotatable bonds is 4.